The van der Waals surface area contributed by atoms with Crippen molar-refractivity contribution < 1.29 is 19.9 Å². The minimum absolute atomic E-state index is 0.486. The van der Waals surface area contributed by atoms with Gasteiger partial charge in [0, 0.05) is 0 Å². The van der Waals surface area contributed by atoms with Crippen LogP contribution in [0.4, 0.5) is 4.79 Å². The Morgan fingerprint density at radius 3 is 2.50 bits per heavy atom. The van der Waals surface area contributed by atoms with Crippen LogP contribution in [0.5, 0.6) is 0 Å². The normalized spacial score (nSPS) is 7.50. The van der Waals surface area contributed by atoms with Crippen molar-refractivity contribution in [3.63, 3.8) is 0 Å². The summed E-state index contributed by atoms with van der Waals surface area (Å²) in [4.78, 5) is 22.4. The highest BCUT2D eigenvalue weighted by molar-refractivity contribution is 5.65. The fourth-order valence-corrected chi connectivity index (χ4v) is 0.163. The smallest absolute Gasteiger partial charge is 0.445 e. The topological polar surface area (TPSA) is 117 Å². The molecule has 0 aromatic heterocycles. The first-order valence-corrected chi connectivity index (χ1v) is 1.83. The van der Waals surface area contributed by atoms with Gasteiger partial charge in [0.05, 0.1) is 0 Å². The summed E-state index contributed by atoms with van der Waals surface area (Å²) in [6, 6.07) is 0. The summed E-state index contributed by atoms with van der Waals surface area (Å²) >= 11 is 0. The standard InChI is InChI=1S/C2HN3O5/c3-1-4(2(6)7)10-5(8)9/h(H,6,7). The van der Waals surface area contributed by atoms with Gasteiger partial charge in [-0.05, 0) is 5.06 Å². The van der Waals surface area contributed by atoms with Crippen molar-refractivity contribution >= 4 is 6.09 Å². The molecule has 0 saturated heterocycles. The summed E-state index contributed by atoms with van der Waals surface area (Å²) in [6.45, 7) is 0. The van der Waals surface area contributed by atoms with E-state index < -0.39 is 16.2 Å². The average molecular weight is 147 g/mol. The Morgan fingerprint density at radius 2 is 2.40 bits per heavy atom. The molecular formula is C2HN3O5. The predicted octanol–water partition coefficient (Wildman–Crippen LogP) is -0.429. The Balaban J connectivity index is 4.00. The summed E-state index contributed by atoms with van der Waals surface area (Å²) < 4.78 is 0. The lowest BCUT2D eigenvalue weighted by molar-refractivity contribution is -0.798. The molecule has 0 aliphatic rings. The first kappa shape index (κ1) is 7.96. The molecule has 0 rings (SSSR count). The van der Waals surface area contributed by atoms with E-state index in [1.807, 2.05) is 0 Å². The zero-order valence-electron chi connectivity index (χ0n) is 4.42. The molecule has 10 heavy (non-hydrogen) atoms. The molecule has 8 heteroatoms. The molecule has 0 aromatic rings. The summed E-state index contributed by atoms with van der Waals surface area (Å²) in [5, 5.41) is 23.2. The molecule has 1 amide bonds. The van der Waals surface area contributed by atoms with Crippen molar-refractivity contribution in [1.29, 1.82) is 5.26 Å². The van der Waals surface area contributed by atoms with E-state index in [0.29, 0.717) is 0 Å². The Labute approximate surface area is 53.9 Å². The number of carboxylic acid groups (broad SMARTS) is 1. The quantitative estimate of drug-likeness (QED) is 0.245. The summed E-state index contributed by atoms with van der Waals surface area (Å²) in [6.07, 6.45) is -0.945. The minimum Gasteiger partial charge on any atom is -0.463 e. The lowest BCUT2D eigenvalue weighted by Gasteiger charge is -2.01. The number of nitriles is 1. The molecule has 0 saturated carbocycles. The van der Waals surface area contributed by atoms with Crippen molar-refractivity contribution in [1.82, 2.24) is 5.06 Å². The average Bonchev–Trinajstić information content (AvgIpc) is 1.81. The lowest BCUT2D eigenvalue weighted by atomic mass is 11.1. The van der Waals surface area contributed by atoms with Crippen LogP contribution < -0.4 is 0 Å². The molecule has 0 heterocycles. The van der Waals surface area contributed by atoms with Crippen LogP contribution in [0.15, 0.2) is 0 Å². The van der Waals surface area contributed by atoms with Gasteiger partial charge < -0.3 is 5.11 Å². The van der Waals surface area contributed by atoms with E-state index >= 15 is 0 Å². The van der Waals surface area contributed by atoms with E-state index in [4.69, 9.17) is 10.4 Å². The summed E-state index contributed by atoms with van der Waals surface area (Å²) in [5.41, 5.74) is 0. The van der Waals surface area contributed by atoms with Crippen molar-refractivity contribution in [3.8, 4) is 6.19 Å². The summed E-state index contributed by atoms with van der Waals surface area (Å²) in [5.74, 6) is 0. The Bertz CT molecular complexity index is 194. The third-order valence-electron chi connectivity index (χ3n) is 0.413. The van der Waals surface area contributed by atoms with Crippen LogP contribution in [0.1, 0.15) is 0 Å². The van der Waals surface area contributed by atoms with Gasteiger partial charge in [0.1, 0.15) is 0 Å². The Morgan fingerprint density at radius 1 is 1.90 bits per heavy atom. The second kappa shape index (κ2) is 3.08. The molecule has 0 fully saturated rings. The number of hydrogen-bond acceptors (Lipinski definition) is 5. The van der Waals surface area contributed by atoms with Gasteiger partial charge in [0.2, 0.25) is 6.19 Å². The van der Waals surface area contributed by atoms with Gasteiger partial charge in [-0.15, -0.1) is 10.1 Å². The molecule has 54 valence electrons. The van der Waals surface area contributed by atoms with Gasteiger partial charge in [0.15, 0.2) is 0 Å². The number of hydroxylamine groups is 2. The van der Waals surface area contributed by atoms with Crippen LogP contribution in [0, 0.1) is 21.6 Å². The number of nitrogens with zero attached hydrogens (tertiary/aromatic N) is 3. The first-order valence-electron chi connectivity index (χ1n) is 1.83. The highest BCUT2D eigenvalue weighted by Crippen LogP contribution is 1.87. The van der Waals surface area contributed by atoms with Gasteiger partial charge in [-0.1, -0.05) is 0 Å². The van der Waals surface area contributed by atoms with E-state index in [-0.39, 0.29) is 0 Å². The number of rotatable bonds is 2. The molecule has 0 bridgehead atoms. The lowest BCUT2D eigenvalue weighted by Crippen LogP contribution is -2.27. The van der Waals surface area contributed by atoms with Crippen LogP contribution >= 0.6 is 0 Å². The fourth-order valence-electron chi connectivity index (χ4n) is 0.163. The van der Waals surface area contributed by atoms with Crippen molar-refractivity contribution in [3.05, 3.63) is 10.1 Å². The van der Waals surface area contributed by atoms with Gasteiger partial charge >= 0.3 is 11.2 Å². The molecule has 0 aliphatic heterocycles. The third kappa shape index (κ3) is 2.31. The molecule has 0 atom stereocenters. The van der Waals surface area contributed by atoms with E-state index in [9.17, 15) is 14.9 Å². The Kier molecular flexibility index (Phi) is 2.45. The highest BCUT2D eigenvalue weighted by Gasteiger charge is 2.14. The van der Waals surface area contributed by atoms with E-state index in [1.54, 1.807) is 0 Å². The maximum absolute atomic E-state index is 9.74. The van der Waals surface area contributed by atoms with Crippen LogP contribution in [-0.2, 0) is 4.94 Å². The van der Waals surface area contributed by atoms with E-state index in [2.05, 4.69) is 4.94 Å². The molecule has 0 radical (unpaired) electrons. The third-order valence-corrected chi connectivity index (χ3v) is 0.413. The van der Waals surface area contributed by atoms with Gasteiger partial charge in [-0.25, -0.2) is 4.79 Å². The van der Waals surface area contributed by atoms with E-state index in [0.717, 1.165) is 6.19 Å². The maximum atomic E-state index is 9.74. The zero-order chi connectivity index (χ0) is 8.15. The van der Waals surface area contributed by atoms with Crippen LogP contribution in [0.2, 0.25) is 0 Å². The van der Waals surface area contributed by atoms with Crippen LogP contribution in [-0.4, -0.2) is 21.3 Å². The van der Waals surface area contributed by atoms with Crippen molar-refractivity contribution in [2.45, 2.75) is 0 Å². The molecule has 1 N–H and O–H groups in total. The fraction of sp³-hybridized carbons (Fsp3) is 0. The van der Waals surface area contributed by atoms with Crippen molar-refractivity contribution in [2.24, 2.45) is 0 Å². The maximum Gasteiger partial charge on any atom is 0.445 e. The van der Waals surface area contributed by atoms with Crippen molar-refractivity contribution in [2.75, 3.05) is 0 Å². The first-order chi connectivity index (χ1) is 4.57. The zero-order valence-corrected chi connectivity index (χ0v) is 4.42. The second-order valence-electron chi connectivity index (χ2n) is 0.982. The highest BCUT2D eigenvalue weighted by atomic mass is 17.0. The van der Waals surface area contributed by atoms with Crippen LogP contribution in [0.25, 0.3) is 0 Å². The molecule has 0 unspecified atom stereocenters. The minimum atomic E-state index is -1.85. The van der Waals surface area contributed by atoms with Gasteiger partial charge in [-0.3, -0.25) is 0 Å². The van der Waals surface area contributed by atoms with Gasteiger partial charge in [0.25, 0.3) is 0 Å². The Hall–Kier alpha value is -2.04. The monoisotopic (exact) mass is 147 g/mol. The summed E-state index contributed by atoms with van der Waals surface area (Å²) in [7, 11) is 0. The number of amides is 1. The SMILES string of the molecule is N#CN(O[N+](=O)[O-])C(=O)O. The molecule has 0 aliphatic carbocycles. The van der Waals surface area contributed by atoms with E-state index in [1.165, 1.54) is 0 Å². The van der Waals surface area contributed by atoms with Crippen LogP contribution in [0.3, 0.4) is 0 Å². The molecule has 0 spiro atoms. The largest absolute Gasteiger partial charge is 0.463 e. The molecule has 0 aromatic carbocycles. The number of hydrogen-bond donors (Lipinski definition) is 1. The second-order valence-corrected chi connectivity index (χ2v) is 0.982. The molecule has 8 nitrogen and oxygen atoms in total. The molecular weight excluding hydrogens is 146 g/mol. The van der Waals surface area contributed by atoms with Gasteiger partial charge in [-0.2, -0.15) is 10.2 Å². The predicted molar refractivity (Wildman–Crippen MR) is 23.6 cm³/mol. The number of carbonyl (C=O) groups is 1.